The van der Waals surface area contributed by atoms with Gasteiger partial charge in [0.2, 0.25) is 11.8 Å². The highest BCUT2D eigenvalue weighted by molar-refractivity contribution is 6.11. The largest absolute Gasteiger partial charge is 0.368 e. The molecule has 0 bridgehead atoms. The average molecular weight is 392 g/mol. The van der Waals surface area contributed by atoms with Gasteiger partial charge in [-0.2, -0.15) is 0 Å². The van der Waals surface area contributed by atoms with Crippen molar-refractivity contribution in [1.82, 2.24) is 9.80 Å². The van der Waals surface area contributed by atoms with Crippen molar-refractivity contribution in [2.75, 3.05) is 56.1 Å². The van der Waals surface area contributed by atoms with Crippen LogP contribution >= 0.6 is 0 Å². The van der Waals surface area contributed by atoms with Gasteiger partial charge in [0.25, 0.3) is 5.91 Å². The topological polar surface area (TPSA) is 64.2 Å². The smallest absolute Gasteiger partial charge is 0.256 e. The Morgan fingerprint density at radius 3 is 2.28 bits per heavy atom. The second kappa shape index (κ2) is 7.95. The van der Waals surface area contributed by atoms with E-state index in [9.17, 15) is 14.4 Å². The van der Waals surface area contributed by atoms with E-state index in [-0.39, 0.29) is 30.8 Å². The summed E-state index contributed by atoms with van der Waals surface area (Å²) in [5.41, 5.74) is 2.10. The molecule has 0 aromatic heterocycles. The predicted octanol–water partition coefficient (Wildman–Crippen LogP) is 1.45. The van der Waals surface area contributed by atoms with Crippen LogP contribution in [0.2, 0.25) is 0 Å². The van der Waals surface area contributed by atoms with Crippen molar-refractivity contribution in [3.63, 3.8) is 0 Å². The minimum atomic E-state index is -0.248. The molecule has 29 heavy (non-hydrogen) atoms. The van der Waals surface area contributed by atoms with Crippen LogP contribution in [0.15, 0.2) is 54.6 Å². The van der Waals surface area contributed by atoms with Gasteiger partial charge in [-0.1, -0.05) is 30.3 Å². The average Bonchev–Trinajstić information content (AvgIpc) is 2.85. The van der Waals surface area contributed by atoms with Gasteiger partial charge in [0.1, 0.15) is 13.1 Å². The highest BCUT2D eigenvalue weighted by Gasteiger charge is 2.32. The molecule has 0 atom stereocenters. The molecule has 2 aliphatic rings. The molecule has 0 aliphatic carbocycles. The lowest BCUT2D eigenvalue weighted by molar-refractivity contribution is -0.131. The molecule has 1 fully saturated rings. The molecule has 3 amide bonds. The van der Waals surface area contributed by atoms with E-state index < -0.39 is 0 Å². The summed E-state index contributed by atoms with van der Waals surface area (Å²) < 4.78 is 0. The quantitative estimate of drug-likeness (QED) is 0.793. The van der Waals surface area contributed by atoms with E-state index in [1.165, 1.54) is 9.80 Å². The minimum Gasteiger partial charge on any atom is -0.368 e. The zero-order chi connectivity index (χ0) is 20.4. The molecule has 0 unspecified atom stereocenters. The minimum absolute atomic E-state index is 0.0391. The first-order valence-electron chi connectivity index (χ1n) is 9.77. The van der Waals surface area contributed by atoms with E-state index in [1.54, 1.807) is 36.2 Å². The Labute approximate surface area is 170 Å². The Morgan fingerprint density at radius 2 is 1.55 bits per heavy atom. The Kier molecular flexibility index (Phi) is 5.20. The number of para-hydroxylation sites is 2. The number of carbonyl (C=O) groups is 3. The summed E-state index contributed by atoms with van der Waals surface area (Å²) in [5, 5.41) is 0. The van der Waals surface area contributed by atoms with Gasteiger partial charge in [0.05, 0.1) is 11.3 Å². The second-order valence-electron chi connectivity index (χ2n) is 7.36. The molecule has 1 saturated heterocycles. The molecule has 0 saturated carbocycles. The SMILES string of the molecule is CN1CC(=O)N(CC(=O)N2CCN(c3ccccc3)CC2)c2ccccc2C1=O. The molecule has 150 valence electrons. The monoisotopic (exact) mass is 392 g/mol. The van der Waals surface area contributed by atoms with Crippen molar-refractivity contribution >= 4 is 29.1 Å². The third-order valence-corrected chi connectivity index (χ3v) is 5.49. The van der Waals surface area contributed by atoms with Gasteiger partial charge in [-0.15, -0.1) is 0 Å². The molecular weight excluding hydrogens is 368 g/mol. The molecule has 7 nitrogen and oxygen atoms in total. The van der Waals surface area contributed by atoms with Crippen LogP contribution in [0.4, 0.5) is 11.4 Å². The number of nitrogens with zero attached hydrogens (tertiary/aromatic N) is 4. The molecule has 2 aromatic carbocycles. The second-order valence-corrected chi connectivity index (χ2v) is 7.36. The van der Waals surface area contributed by atoms with Gasteiger partial charge in [-0.05, 0) is 24.3 Å². The predicted molar refractivity (Wildman–Crippen MR) is 111 cm³/mol. The zero-order valence-corrected chi connectivity index (χ0v) is 16.5. The van der Waals surface area contributed by atoms with Crippen molar-refractivity contribution in [3.8, 4) is 0 Å². The molecule has 7 heteroatoms. The van der Waals surface area contributed by atoms with Crippen LogP contribution in [-0.4, -0.2) is 73.8 Å². The lowest BCUT2D eigenvalue weighted by Gasteiger charge is -2.37. The first-order valence-corrected chi connectivity index (χ1v) is 9.77. The molecule has 2 aliphatic heterocycles. The Balaban J connectivity index is 1.46. The number of likely N-dealkylation sites (N-methyl/N-ethyl adjacent to an activating group) is 1. The number of hydrogen-bond donors (Lipinski definition) is 0. The lowest BCUT2D eigenvalue weighted by atomic mass is 10.1. The summed E-state index contributed by atoms with van der Waals surface area (Å²) in [4.78, 5) is 45.1. The van der Waals surface area contributed by atoms with Crippen molar-refractivity contribution < 1.29 is 14.4 Å². The number of piperazine rings is 1. The number of fused-ring (bicyclic) bond motifs is 1. The van der Waals surface area contributed by atoms with Crippen molar-refractivity contribution in [3.05, 3.63) is 60.2 Å². The number of amides is 3. The fraction of sp³-hybridized carbons (Fsp3) is 0.318. The molecular formula is C22H24N4O3. The van der Waals surface area contributed by atoms with Gasteiger partial charge < -0.3 is 19.6 Å². The summed E-state index contributed by atoms with van der Waals surface area (Å²) in [6.45, 7) is 2.63. The van der Waals surface area contributed by atoms with Gasteiger partial charge in [-0.25, -0.2) is 0 Å². The lowest BCUT2D eigenvalue weighted by Crippen LogP contribution is -2.52. The summed E-state index contributed by atoms with van der Waals surface area (Å²) in [6.07, 6.45) is 0. The van der Waals surface area contributed by atoms with E-state index >= 15 is 0 Å². The maximum absolute atomic E-state index is 13.0. The van der Waals surface area contributed by atoms with Gasteiger partial charge in [0, 0.05) is 38.9 Å². The van der Waals surface area contributed by atoms with Crippen LogP contribution < -0.4 is 9.80 Å². The molecule has 4 rings (SSSR count). The third kappa shape index (κ3) is 3.81. The summed E-state index contributed by atoms with van der Waals surface area (Å²) in [6, 6.07) is 17.1. The Bertz CT molecular complexity index is 923. The van der Waals surface area contributed by atoms with Gasteiger partial charge in [-0.3, -0.25) is 14.4 Å². The fourth-order valence-corrected chi connectivity index (χ4v) is 3.85. The number of rotatable bonds is 3. The van der Waals surface area contributed by atoms with E-state index in [1.807, 2.05) is 18.2 Å². The van der Waals surface area contributed by atoms with Crippen molar-refractivity contribution in [1.29, 1.82) is 0 Å². The maximum Gasteiger partial charge on any atom is 0.256 e. The fourth-order valence-electron chi connectivity index (χ4n) is 3.85. The zero-order valence-electron chi connectivity index (χ0n) is 16.5. The van der Waals surface area contributed by atoms with Crippen LogP contribution in [0.25, 0.3) is 0 Å². The van der Waals surface area contributed by atoms with Gasteiger partial charge >= 0.3 is 0 Å². The van der Waals surface area contributed by atoms with Crippen LogP contribution in [0.1, 0.15) is 10.4 Å². The Hall–Kier alpha value is -3.35. The standard InChI is InChI=1S/C22H24N4O3/c1-23-15-21(28)26(19-10-6-5-9-18(19)22(23)29)16-20(27)25-13-11-24(12-14-25)17-7-3-2-4-8-17/h2-10H,11-16H2,1H3. The molecule has 2 aromatic rings. The van der Waals surface area contributed by atoms with Crippen LogP contribution in [0, 0.1) is 0 Å². The molecule has 0 spiro atoms. The number of benzene rings is 2. The van der Waals surface area contributed by atoms with E-state index in [0.717, 1.165) is 18.8 Å². The molecule has 2 heterocycles. The normalized spacial score (nSPS) is 17.3. The number of anilines is 2. The van der Waals surface area contributed by atoms with Crippen LogP contribution in [-0.2, 0) is 9.59 Å². The summed E-state index contributed by atoms with van der Waals surface area (Å²) >= 11 is 0. The number of carbonyl (C=O) groups excluding carboxylic acids is 3. The van der Waals surface area contributed by atoms with Crippen molar-refractivity contribution in [2.24, 2.45) is 0 Å². The van der Waals surface area contributed by atoms with Crippen LogP contribution in [0.3, 0.4) is 0 Å². The number of hydrogen-bond acceptors (Lipinski definition) is 4. The Morgan fingerprint density at radius 1 is 0.897 bits per heavy atom. The molecule has 0 radical (unpaired) electrons. The van der Waals surface area contributed by atoms with E-state index in [0.29, 0.717) is 24.3 Å². The highest BCUT2D eigenvalue weighted by Crippen LogP contribution is 2.25. The first-order chi connectivity index (χ1) is 14.0. The van der Waals surface area contributed by atoms with Crippen LogP contribution in [0.5, 0.6) is 0 Å². The van der Waals surface area contributed by atoms with Crippen molar-refractivity contribution in [2.45, 2.75) is 0 Å². The van der Waals surface area contributed by atoms with Gasteiger partial charge in [0.15, 0.2) is 0 Å². The third-order valence-electron chi connectivity index (χ3n) is 5.49. The first kappa shape index (κ1) is 19.0. The summed E-state index contributed by atoms with van der Waals surface area (Å²) in [5.74, 6) is -0.555. The van der Waals surface area contributed by atoms with E-state index in [4.69, 9.17) is 0 Å². The van der Waals surface area contributed by atoms with E-state index in [2.05, 4.69) is 17.0 Å². The highest BCUT2D eigenvalue weighted by atomic mass is 16.2. The molecule has 0 N–H and O–H groups in total. The maximum atomic E-state index is 13.0. The summed E-state index contributed by atoms with van der Waals surface area (Å²) in [7, 11) is 1.60.